The number of nitrogens with two attached hydrogens (primary N) is 3. The number of aromatic nitrogens is 4. The number of aryl methyl sites for hydroxylation is 1. The van der Waals surface area contributed by atoms with E-state index >= 15 is 0 Å². The number of benzene rings is 1. The van der Waals surface area contributed by atoms with E-state index in [4.69, 9.17) is 31.7 Å². The molecule has 1 aliphatic rings. The fourth-order valence-corrected chi connectivity index (χ4v) is 5.38. The predicted molar refractivity (Wildman–Crippen MR) is 134 cm³/mol. The third-order valence-corrected chi connectivity index (χ3v) is 7.70. The highest BCUT2D eigenvalue weighted by molar-refractivity contribution is 14.1. The molecule has 0 amide bonds. The highest BCUT2D eigenvalue weighted by Crippen LogP contribution is 2.41. The van der Waals surface area contributed by atoms with Gasteiger partial charge in [0.15, 0.2) is 33.6 Å². The minimum absolute atomic E-state index is 0.188. The van der Waals surface area contributed by atoms with E-state index in [1.807, 2.05) is 12.1 Å². The second-order valence-corrected chi connectivity index (χ2v) is 9.93. The molecule has 9 nitrogen and oxygen atoms in total. The van der Waals surface area contributed by atoms with Gasteiger partial charge in [0, 0.05) is 21.1 Å². The van der Waals surface area contributed by atoms with Crippen LogP contribution in [-0.4, -0.2) is 38.9 Å². The van der Waals surface area contributed by atoms with Gasteiger partial charge in [-0.3, -0.25) is 0 Å². The molecule has 172 valence electrons. The summed E-state index contributed by atoms with van der Waals surface area (Å²) in [6.07, 6.45) is 7.71. The summed E-state index contributed by atoms with van der Waals surface area (Å²) in [6.45, 7) is 1.75. The molecule has 3 aromatic rings. The van der Waals surface area contributed by atoms with Crippen molar-refractivity contribution < 1.29 is 9.47 Å². The molecular weight excluding hydrogens is 541 g/mol. The number of halogens is 1. The first kappa shape index (κ1) is 23.3. The Morgan fingerprint density at radius 3 is 2.69 bits per heavy atom. The number of imidazole rings is 1. The van der Waals surface area contributed by atoms with Crippen LogP contribution in [0.15, 0.2) is 28.5 Å². The summed E-state index contributed by atoms with van der Waals surface area (Å²) in [6, 6.07) is 4.16. The fraction of sp³-hybridized carbons (Fsp3) is 0.476. The molecule has 0 fully saturated rings. The van der Waals surface area contributed by atoms with E-state index in [-0.39, 0.29) is 12.8 Å². The van der Waals surface area contributed by atoms with E-state index in [2.05, 4.69) is 37.1 Å². The first-order chi connectivity index (χ1) is 15.6. The number of unbranched alkanes of at least 4 members (excludes halogenated alkanes) is 2. The molecular formula is C21H28IN7O2S. The monoisotopic (exact) mass is 569 g/mol. The Kier molecular flexibility index (Phi) is 7.92. The molecule has 1 aliphatic heterocycles. The highest BCUT2D eigenvalue weighted by atomic mass is 127. The Hall–Kier alpha value is -1.83. The molecule has 2 aromatic heterocycles. The van der Waals surface area contributed by atoms with Crippen LogP contribution >= 0.6 is 34.4 Å². The highest BCUT2D eigenvalue weighted by Gasteiger charge is 2.20. The van der Waals surface area contributed by atoms with Gasteiger partial charge < -0.3 is 31.2 Å². The lowest BCUT2D eigenvalue weighted by molar-refractivity contribution is 0.174. The zero-order valence-electron chi connectivity index (χ0n) is 17.8. The zero-order valence-corrected chi connectivity index (χ0v) is 20.8. The fourth-order valence-electron chi connectivity index (χ4n) is 3.67. The van der Waals surface area contributed by atoms with Crippen molar-refractivity contribution in [1.82, 2.24) is 19.5 Å². The largest absolute Gasteiger partial charge is 0.454 e. The third kappa shape index (κ3) is 5.38. The predicted octanol–water partition coefficient (Wildman–Crippen LogP) is 3.52. The van der Waals surface area contributed by atoms with Crippen LogP contribution in [0.2, 0.25) is 0 Å². The number of rotatable bonds is 11. The summed E-state index contributed by atoms with van der Waals surface area (Å²) in [5, 5.41) is 0.820. The van der Waals surface area contributed by atoms with Crippen molar-refractivity contribution in [3.05, 3.63) is 22.0 Å². The van der Waals surface area contributed by atoms with Crippen molar-refractivity contribution in [3.8, 4) is 11.5 Å². The van der Waals surface area contributed by atoms with Gasteiger partial charge in [-0.1, -0.05) is 24.6 Å². The van der Waals surface area contributed by atoms with Crippen molar-refractivity contribution >= 4 is 51.3 Å². The Bertz CT molecular complexity index is 1080. The summed E-state index contributed by atoms with van der Waals surface area (Å²) in [5.41, 5.74) is 19.4. The van der Waals surface area contributed by atoms with Gasteiger partial charge in [-0.05, 0) is 67.0 Å². The molecule has 4 rings (SSSR count). The number of hydrogen-bond acceptors (Lipinski definition) is 9. The van der Waals surface area contributed by atoms with Crippen LogP contribution in [0.4, 0.5) is 5.82 Å². The Balaban J connectivity index is 1.50. The number of nitrogen functional groups attached to an aromatic ring is 1. The first-order valence-electron chi connectivity index (χ1n) is 10.8. The number of ether oxygens (including phenoxy) is 2. The molecule has 0 radical (unpaired) electrons. The van der Waals surface area contributed by atoms with Crippen LogP contribution in [0, 0.1) is 3.57 Å². The van der Waals surface area contributed by atoms with Gasteiger partial charge in [-0.2, -0.15) is 0 Å². The van der Waals surface area contributed by atoms with E-state index in [0.29, 0.717) is 11.3 Å². The smallest absolute Gasteiger partial charge is 0.231 e. The average Bonchev–Trinajstić information content (AvgIpc) is 3.37. The van der Waals surface area contributed by atoms with E-state index in [1.54, 1.807) is 11.8 Å². The lowest BCUT2D eigenvalue weighted by Gasteiger charge is -2.13. The van der Waals surface area contributed by atoms with Gasteiger partial charge in [0.1, 0.15) is 6.33 Å². The number of fused-ring (bicyclic) bond motifs is 2. The molecule has 0 aliphatic carbocycles. The third-order valence-electron chi connectivity index (χ3n) is 5.39. The molecule has 11 heteroatoms. The number of nitrogens with zero attached hydrogens (tertiary/aromatic N) is 4. The Morgan fingerprint density at radius 2 is 1.88 bits per heavy atom. The molecule has 0 saturated carbocycles. The van der Waals surface area contributed by atoms with Gasteiger partial charge in [-0.25, -0.2) is 15.0 Å². The average molecular weight is 569 g/mol. The molecule has 1 unspecified atom stereocenters. The Labute approximate surface area is 205 Å². The van der Waals surface area contributed by atoms with Gasteiger partial charge in [0.2, 0.25) is 6.79 Å². The van der Waals surface area contributed by atoms with Crippen molar-refractivity contribution in [2.75, 3.05) is 19.1 Å². The first-order valence-corrected chi connectivity index (χ1v) is 12.7. The van der Waals surface area contributed by atoms with Crippen molar-refractivity contribution in [1.29, 1.82) is 0 Å². The maximum Gasteiger partial charge on any atom is 0.231 e. The zero-order chi connectivity index (χ0) is 22.5. The SMILES string of the molecule is NCCCCCC(N)CCCn1c(Sc2cc3c(cc2I)OCO3)nc2c(N)ncnc21. The molecule has 0 spiro atoms. The second-order valence-electron chi connectivity index (χ2n) is 7.76. The lowest BCUT2D eigenvalue weighted by atomic mass is 10.0. The van der Waals surface area contributed by atoms with E-state index in [9.17, 15) is 0 Å². The summed E-state index contributed by atoms with van der Waals surface area (Å²) in [5.74, 6) is 1.89. The minimum Gasteiger partial charge on any atom is -0.454 e. The standard InChI is InChI=1S/C21H28IN7O2S/c22-14-9-15-16(31-12-30-15)10-17(14)32-21-28-18-19(25)26-11-27-20(18)29(21)8-4-6-13(24)5-2-1-3-7-23/h9-11,13H,1-8,12,23-24H2,(H2,25,26,27). The maximum absolute atomic E-state index is 6.33. The molecule has 0 saturated heterocycles. The lowest BCUT2D eigenvalue weighted by Crippen LogP contribution is -2.20. The number of hydrogen-bond donors (Lipinski definition) is 3. The van der Waals surface area contributed by atoms with Crippen LogP contribution in [0.1, 0.15) is 38.5 Å². The minimum atomic E-state index is 0.188. The summed E-state index contributed by atoms with van der Waals surface area (Å²) in [4.78, 5) is 14.4. The van der Waals surface area contributed by atoms with Gasteiger partial charge in [0.25, 0.3) is 0 Å². The molecule has 3 heterocycles. The molecule has 0 bridgehead atoms. The van der Waals surface area contributed by atoms with Gasteiger partial charge in [0.05, 0.1) is 0 Å². The van der Waals surface area contributed by atoms with Crippen molar-refractivity contribution in [2.45, 2.75) is 61.2 Å². The van der Waals surface area contributed by atoms with Crippen LogP contribution < -0.4 is 26.7 Å². The normalized spacial score (nSPS) is 13.7. The van der Waals surface area contributed by atoms with Crippen LogP contribution in [0.3, 0.4) is 0 Å². The maximum atomic E-state index is 6.33. The quantitative estimate of drug-likeness (QED) is 0.234. The van der Waals surface area contributed by atoms with Crippen LogP contribution in [-0.2, 0) is 6.54 Å². The molecule has 32 heavy (non-hydrogen) atoms. The van der Waals surface area contributed by atoms with E-state index in [0.717, 1.165) is 82.4 Å². The molecule has 1 atom stereocenters. The van der Waals surface area contributed by atoms with Crippen molar-refractivity contribution in [3.63, 3.8) is 0 Å². The second kappa shape index (κ2) is 10.9. The van der Waals surface area contributed by atoms with Crippen LogP contribution in [0.25, 0.3) is 11.2 Å². The molecule has 1 aromatic carbocycles. The van der Waals surface area contributed by atoms with Crippen molar-refractivity contribution in [2.24, 2.45) is 11.5 Å². The van der Waals surface area contributed by atoms with Gasteiger partial charge >= 0.3 is 0 Å². The summed E-state index contributed by atoms with van der Waals surface area (Å²) in [7, 11) is 0. The number of anilines is 1. The van der Waals surface area contributed by atoms with Gasteiger partial charge in [-0.15, -0.1) is 0 Å². The summed E-state index contributed by atoms with van der Waals surface area (Å²) < 4.78 is 14.2. The topological polar surface area (TPSA) is 140 Å². The molecule has 6 N–H and O–H groups in total. The van der Waals surface area contributed by atoms with E-state index < -0.39 is 0 Å². The Morgan fingerprint density at radius 1 is 1.09 bits per heavy atom. The van der Waals surface area contributed by atoms with Crippen LogP contribution in [0.5, 0.6) is 11.5 Å². The summed E-state index contributed by atoms with van der Waals surface area (Å²) >= 11 is 3.86. The van der Waals surface area contributed by atoms with E-state index in [1.165, 1.54) is 6.33 Å².